The van der Waals surface area contributed by atoms with Gasteiger partial charge in [-0.05, 0) is 24.6 Å². The Kier molecular flexibility index (Phi) is 4.34. The molecule has 0 fully saturated rings. The Morgan fingerprint density at radius 3 is 2.47 bits per heavy atom. The van der Waals surface area contributed by atoms with Crippen molar-refractivity contribution in [3.63, 3.8) is 0 Å². The molecule has 0 amide bonds. The van der Waals surface area contributed by atoms with Crippen molar-refractivity contribution >= 4 is 11.9 Å². The molecule has 0 aliphatic carbocycles. The van der Waals surface area contributed by atoms with E-state index in [0.717, 1.165) is 0 Å². The van der Waals surface area contributed by atoms with Crippen LogP contribution in [-0.4, -0.2) is 39.4 Å². The molecular formula is C12H15NO6. The molecule has 0 bridgehead atoms. The van der Waals surface area contributed by atoms with Crippen molar-refractivity contribution in [2.75, 3.05) is 6.61 Å². The lowest BCUT2D eigenvalue weighted by Gasteiger charge is -2.22. The fourth-order valence-electron chi connectivity index (χ4n) is 1.47. The monoisotopic (exact) mass is 269 g/mol. The molecule has 1 aromatic rings. The first-order chi connectivity index (χ1) is 8.72. The molecule has 1 unspecified atom stereocenters. The van der Waals surface area contributed by atoms with Crippen LogP contribution in [0.25, 0.3) is 0 Å². The van der Waals surface area contributed by atoms with E-state index in [1.54, 1.807) is 0 Å². The number of phenols is 2. The van der Waals surface area contributed by atoms with Crippen LogP contribution >= 0.6 is 0 Å². The van der Waals surface area contributed by atoms with Gasteiger partial charge in [-0.1, -0.05) is 6.07 Å². The zero-order chi connectivity index (χ0) is 14.6. The van der Waals surface area contributed by atoms with Gasteiger partial charge in [0.1, 0.15) is 5.54 Å². The fraction of sp³-hybridized carbons (Fsp3) is 0.333. The van der Waals surface area contributed by atoms with Gasteiger partial charge < -0.3 is 25.8 Å². The third-order valence-electron chi connectivity index (χ3n) is 2.40. The second-order valence-electron chi connectivity index (χ2n) is 4.39. The number of carboxylic acid groups (broad SMARTS) is 1. The maximum atomic E-state index is 11.6. The highest BCUT2D eigenvalue weighted by atomic mass is 16.6. The van der Waals surface area contributed by atoms with Crippen LogP contribution in [0.15, 0.2) is 18.2 Å². The van der Waals surface area contributed by atoms with E-state index in [0.29, 0.717) is 5.56 Å². The number of rotatable bonds is 5. The summed E-state index contributed by atoms with van der Waals surface area (Å²) in [5.74, 6) is -2.74. The van der Waals surface area contributed by atoms with E-state index in [1.165, 1.54) is 25.1 Å². The molecule has 19 heavy (non-hydrogen) atoms. The number of carboxylic acids is 1. The average molecular weight is 269 g/mol. The van der Waals surface area contributed by atoms with Crippen molar-refractivity contribution in [3.8, 4) is 11.5 Å². The minimum Gasteiger partial charge on any atom is -0.504 e. The molecule has 0 aromatic heterocycles. The SMILES string of the molecule is CC(N)(Cc1ccc(O)c(O)c1)C(=O)OCC(=O)O. The smallest absolute Gasteiger partial charge is 0.341 e. The van der Waals surface area contributed by atoms with Crippen LogP contribution in [0.3, 0.4) is 0 Å². The average Bonchev–Trinajstić information content (AvgIpc) is 2.30. The molecule has 1 rings (SSSR count). The molecule has 0 radical (unpaired) electrons. The van der Waals surface area contributed by atoms with E-state index in [4.69, 9.17) is 15.9 Å². The molecule has 0 aliphatic heterocycles. The summed E-state index contributed by atoms with van der Waals surface area (Å²) in [7, 11) is 0. The van der Waals surface area contributed by atoms with Gasteiger partial charge in [-0.15, -0.1) is 0 Å². The van der Waals surface area contributed by atoms with Crippen LogP contribution < -0.4 is 5.73 Å². The van der Waals surface area contributed by atoms with Crippen molar-refractivity contribution in [2.45, 2.75) is 18.9 Å². The lowest BCUT2D eigenvalue weighted by atomic mass is 9.94. The Hall–Kier alpha value is -2.28. The Morgan fingerprint density at radius 1 is 1.32 bits per heavy atom. The molecular weight excluding hydrogens is 254 g/mol. The number of hydrogen-bond acceptors (Lipinski definition) is 6. The highest BCUT2D eigenvalue weighted by Crippen LogP contribution is 2.26. The van der Waals surface area contributed by atoms with Crippen LogP contribution in [0.1, 0.15) is 12.5 Å². The molecule has 0 saturated carbocycles. The van der Waals surface area contributed by atoms with Crippen molar-refractivity contribution in [1.29, 1.82) is 0 Å². The third-order valence-corrected chi connectivity index (χ3v) is 2.40. The molecule has 5 N–H and O–H groups in total. The number of esters is 1. The summed E-state index contributed by atoms with van der Waals surface area (Å²) in [5, 5.41) is 26.9. The quantitative estimate of drug-likeness (QED) is 0.436. The number of carbonyl (C=O) groups is 2. The lowest BCUT2D eigenvalue weighted by molar-refractivity contribution is -0.158. The van der Waals surface area contributed by atoms with Gasteiger partial charge in [-0.2, -0.15) is 0 Å². The summed E-state index contributed by atoms with van der Waals surface area (Å²) >= 11 is 0. The number of hydrogen-bond donors (Lipinski definition) is 4. The Bertz CT molecular complexity index is 497. The lowest BCUT2D eigenvalue weighted by Crippen LogP contribution is -2.48. The number of aromatic hydroxyl groups is 2. The molecule has 0 spiro atoms. The van der Waals surface area contributed by atoms with Crippen LogP contribution in [0.5, 0.6) is 11.5 Å². The fourth-order valence-corrected chi connectivity index (χ4v) is 1.47. The number of carbonyl (C=O) groups excluding carboxylic acids is 1. The number of nitrogens with two attached hydrogens (primary N) is 1. The van der Waals surface area contributed by atoms with Crippen molar-refractivity contribution in [2.24, 2.45) is 5.73 Å². The van der Waals surface area contributed by atoms with Gasteiger partial charge in [-0.25, -0.2) is 4.79 Å². The minimum atomic E-state index is -1.43. The second kappa shape index (κ2) is 5.57. The van der Waals surface area contributed by atoms with E-state index >= 15 is 0 Å². The van der Waals surface area contributed by atoms with Gasteiger partial charge in [0.25, 0.3) is 0 Å². The van der Waals surface area contributed by atoms with Gasteiger partial charge in [0.2, 0.25) is 0 Å². The van der Waals surface area contributed by atoms with Gasteiger partial charge in [0, 0.05) is 6.42 Å². The highest BCUT2D eigenvalue weighted by molar-refractivity contribution is 5.82. The Labute approximate surface area is 109 Å². The van der Waals surface area contributed by atoms with Gasteiger partial charge in [0.15, 0.2) is 18.1 Å². The predicted molar refractivity (Wildman–Crippen MR) is 64.7 cm³/mol. The summed E-state index contributed by atoms with van der Waals surface area (Å²) in [6, 6.07) is 4.03. The summed E-state index contributed by atoms with van der Waals surface area (Å²) in [6.45, 7) is 0.632. The number of benzene rings is 1. The van der Waals surface area contributed by atoms with Gasteiger partial charge in [-0.3, -0.25) is 4.79 Å². The Balaban J connectivity index is 2.74. The number of phenolic OH excluding ortho intramolecular Hbond substituents is 2. The molecule has 1 atom stereocenters. The highest BCUT2D eigenvalue weighted by Gasteiger charge is 2.31. The first-order valence-corrected chi connectivity index (χ1v) is 5.41. The van der Waals surface area contributed by atoms with Gasteiger partial charge in [0.05, 0.1) is 0 Å². The Morgan fingerprint density at radius 2 is 1.95 bits per heavy atom. The summed E-state index contributed by atoms with van der Waals surface area (Å²) in [6.07, 6.45) is 0.0271. The summed E-state index contributed by atoms with van der Waals surface area (Å²) in [4.78, 5) is 21.9. The zero-order valence-electron chi connectivity index (χ0n) is 10.3. The maximum Gasteiger partial charge on any atom is 0.341 e. The normalized spacial score (nSPS) is 13.6. The van der Waals surface area contributed by atoms with Crippen LogP contribution in [-0.2, 0) is 20.7 Å². The van der Waals surface area contributed by atoms with Gasteiger partial charge >= 0.3 is 11.9 Å². The second-order valence-corrected chi connectivity index (χ2v) is 4.39. The largest absolute Gasteiger partial charge is 0.504 e. The molecule has 0 heterocycles. The number of aliphatic carboxylic acids is 1. The standard InChI is InChI=1S/C12H15NO6/c1-12(13,11(18)19-6-10(16)17)5-7-2-3-8(14)9(15)4-7/h2-4,14-15H,5-6,13H2,1H3,(H,16,17). The van der Waals surface area contributed by atoms with E-state index in [-0.39, 0.29) is 17.9 Å². The first kappa shape index (κ1) is 14.8. The molecule has 0 aliphatic rings. The molecule has 1 aromatic carbocycles. The third kappa shape index (κ3) is 4.14. The minimum absolute atomic E-state index is 0.0271. The molecule has 0 saturated heterocycles. The maximum absolute atomic E-state index is 11.6. The topological polar surface area (TPSA) is 130 Å². The van der Waals surface area contributed by atoms with Crippen molar-refractivity contribution in [1.82, 2.24) is 0 Å². The summed E-state index contributed by atoms with van der Waals surface area (Å²) < 4.78 is 4.52. The van der Waals surface area contributed by atoms with E-state index in [9.17, 15) is 14.7 Å². The van der Waals surface area contributed by atoms with Crippen LogP contribution in [0.4, 0.5) is 0 Å². The van der Waals surface area contributed by atoms with Crippen LogP contribution in [0, 0.1) is 0 Å². The molecule has 104 valence electrons. The first-order valence-electron chi connectivity index (χ1n) is 5.41. The molecule has 7 nitrogen and oxygen atoms in total. The predicted octanol–water partition coefficient (Wildman–Crippen LogP) is -0.0145. The van der Waals surface area contributed by atoms with Crippen LogP contribution in [0.2, 0.25) is 0 Å². The zero-order valence-corrected chi connectivity index (χ0v) is 10.3. The molecule has 7 heteroatoms. The van der Waals surface area contributed by atoms with Crippen molar-refractivity contribution in [3.05, 3.63) is 23.8 Å². The van der Waals surface area contributed by atoms with E-state index < -0.39 is 24.1 Å². The summed E-state index contributed by atoms with van der Waals surface area (Å²) in [5.41, 5.74) is 4.83. The van der Waals surface area contributed by atoms with Crippen molar-refractivity contribution < 1.29 is 29.6 Å². The van der Waals surface area contributed by atoms with E-state index in [1.807, 2.05) is 0 Å². The van der Waals surface area contributed by atoms with E-state index in [2.05, 4.69) is 4.74 Å². The number of ether oxygens (including phenoxy) is 1.